The average Bonchev–Trinajstić information content (AvgIpc) is 3.25. The summed E-state index contributed by atoms with van der Waals surface area (Å²) < 4.78 is 5.53. The van der Waals surface area contributed by atoms with E-state index in [4.69, 9.17) is 4.74 Å². The SMILES string of the molecule is O=C(CSc1ncnc2sc3c(c12)CCCC3)NC[C@H]1CCCO1. The van der Waals surface area contributed by atoms with Crippen LogP contribution in [0.4, 0.5) is 0 Å². The normalized spacial score (nSPS) is 20.2. The lowest BCUT2D eigenvalue weighted by Gasteiger charge is -2.12. The number of hydrogen-bond donors (Lipinski definition) is 1. The second kappa shape index (κ2) is 7.37. The van der Waals surface area contributed by atoms with E-state index in [1.807, 2.05) is 0 Å². The minimum absolute atomic E-state index is 0.0476. The zero-order valence-electron chi connectivity index (χ0n) is 13.5. The molecule has 0 bridgehead atoms. The second-order valence-electron chi connectivity index (χ2n) is 6.30. The molecule has 2 aliphatic rings. The number of amides is 1. The zero-order valence-corrected chi connectivity index (χ0v) is 15.2. The number of thioether (sulfide) groups is 1. The lowest BCUT2D eigenvalue weighted by molar-refractivity contribution is -0.119. The van der Waals surface area contributed by atoms with Crippen molar-refractivity contribution in [1.82, 2.24) is 15.3 Å². The lowest BCUT2D eigenvalue weighted by atomic mass is 9.97. The molecule has 2 aromatic rings. The topological polar surface area (TPSA) is 64.1 Å². The van der Waals surface area contributed by atoms with Gasteiger partial charge >= 0.3 is 0 Å². The molecule has 5 nitrogen and oxygen atoms in total. The molecule has 0 spiro atoms. The predicted molar refractivity (Wildman–Crippen MR) is 96.8 cm³/mol. The van der Waals surface area contributed by atoms with Crippen LogP contribution in [0.2, 0.25) is 0 Å². The van der Waals surface area contributed by atoms with E-state index in [0.29, 0.717) is 12.3 Å². The van der Waals surface area contributed by atoms with Crippen LogP contribution in [0, 0.1) is 0 Å². The van der Waals surface area contributed by atoms with Crippen LogP contribution >= 0.6 is 23.1 Å². The minimum Gasteiger partial charge on any atom is -0.376 e. The van der Waals surface area contributed by atoms with Gasteiger partial charge in [0.15, 0.2) is 0 Å². The molecule has 1 aliphatic heterocycles. The molecule has 4 rings (SSSR count). The molecule has 7 heteroatoms. The Hall–Kier alpha value is -1.18. The molecule has 0 radical (unpaired) electrons. The van der Waals surface area contributed by atoms with Gasteiger partial charge in [-0.25, -0.2) is 9.97 Å². The van der Waals surface area contributed by atoms with Crippen molar-refractivity contribution in [3.63, 3.8) is 0 Å². The van der Waals surface area contributed by atoms with E-state index in [1.54, 1.807) is 17.7 Å². The molecule has 1 atom stereocenters. The van der Waals surface area contributed by atoms with E-state index in [0.717, 1.165) is 42.1 Å². The maximum Gasteiger partial charge on any atom is 0.230 e. The van der Waals surface area contributed by atoms with Crippen LogP contribution in [-0.4, -0.2) is 40.9 Å². The van der Waals surface area contributed by atoms with Gasteiger partial charge in [0.2, 0.25) is 5.91 Å². The van der Waals surface area contributed by atoms with E-state index in [2.05, 4.69) is 15.3 Å². The molecular formula is C17H21N3O2S2. The van der Waals surface area contributed by atoms with Gasteiger partial charge < -0.3 is 10.1 Å². The van der Waals surface area contributed by atoms with Gasteiger partial charge in [0.25, 0.3) is 0 Å². The summed E-state index contributed by atoms with van der Waals surface area (Å²) in [5.41, 5.74) is 1.42. The van der Waals surface area contributed by atoms with Gasteiger partial charge in [-0.15, -0.1) is 11.3 Å². The molecule has 3 heterocycles. The number of nitrogens with one attached hydrogen (secondary N) is 1. The van der Waals surface area contributed by atoms with Crippen molar-refractivity contribution in [2.24, 2.45) is 0 Å². The summed E-state index contributed by atoms with van der Waals surface area (Å²) in [6.45, 7) is 1.43. The molecule has 24 heavy (non-hydrogen) atoms. The van der Waals surface area contributed by atoms with Gasteiger partial charge in [-0.1, -0.05) is 11.8 Å². The third-order valence-electron chi connectivity index (χ3n) is 4.61. The van der Waals surface area contributed by atoms with Crippen molar-refractivity contribution in [3.05, 3.63) is 16.8 Å². The number of aryl methyl sites for hydroxylation is 2. The Bertz CT molecular complexity index is 741. The first kappa shape index (κ1) is 16.3. The number of carbonyl (C=O) groups is 1. The molecule has 1 fully saturated rings. The lowest BCUT2D eigenvalue weighted by Crippen LogP contribution is -2.32. The van der Waals surface area contributed by atoms with Crippen LogP contribution in [0.15, 0.2) is 11.4 Å². The Morgan fingerprint density at radius 2 is 2.25 bits per heavy atom. The average molecular weight is 364 g/mol. The fourth-order valence-electron chi connectivity index (χ4n) is 3.39. The highest BCUT2D eigenvalue weighted by atomic mass is 32.2. The minimum atomic E-state index is 0.0476. The number of aromatic nitrogens is 2. The van der Waals surface area contributed by atoms with Crippen LogP contribution < -0.4 is 5.32 Å². The molecule has 2 aromatic heterocycles. The van der Waals surface area contributed by atoms with Crippen LogP contribution in [0.25, 0.3) is 10.2 Å². The van der Waals surface area contributed by atoms with Gasteiger partial charge in [-0.2, -0.15) is 0 Å². The Kier molecular flexibility index (Phi) is 5.01. The number of thiophene rings is 1. The quantitative estimate of drug-likeness (QED) is 0.654. The van der Waals surface area contributed by atoms with Crippen LogP contribution in [0.3, 0.4) is 0 Å². The van der Waals surface area contributed by atoms with Gasteiger partial charge in [-0.05, 0) is 44.1 Å². The van der Waals surface area contributed by atoms with E-state index in [1.165, 1.54) is 40.4 Å². The first-order valence-corrected chi connectivity index (χ1v) is 10.4. The fraction of sp³-hybridized carbons (Fsp3) is 0.588. The molecule has 0 aromatic carbocycles. The number of nitrogens with zero attached hydrogens (tertiary/aromatic N) is 2. The van der Waals surface area contributed by atoms with Crippen LogP contribution in [0.5, 0.6) is 0 Å². The smallest absolute Gasteiger partial charge is 0.230 e. The summed E-state index contributed by atoms with van der Waals surface area (Å²) >= 11 is 3.31. The van der Waals surface area contributed by atoms with Crippen molar-refractivity contribution >= 4 is 39.2 Å². The number of fused-ring (bicyclic) bond motifs is 3. The van der Waals surface area contributed by atoms with E-state index < -0.39 is 0 Å². The first-order chi connectivity index (χ1) is 11.8. The third kappa shape index (κ3) is 3.43. The highest BCUT2D eigenvalue weighted by molar-refractivity contribution is 8.00. The summed E-state index contributed by atoms with van der Waals surface area (Å²) in [4.78, 5) is 23.5. The largest absolute Gasteiger partial charge is 0.376 e. The molecule has 128 valence electrons. The number of rotatable bonds is 5. The number of carbonyl (C=O) groups excluding carboxylic acids is 1. The monoisotopic (exact) mass is 363 g/mol. The van der Waals surface area contributed by atoms with Crippen molar-refractivity contribution in [2.45, 2.75) is 49.7 Å². The number of hydrogen-bond acceptors (Lipinski definition) is 6. The van der Waals surface area contributed by atoms with E-state index in [9.17, 15) is 4.79 Å². The molecule has 1 aliphatic carbocycles. The maximum atomic E-state index is 12.1. The summed E-state index contributed by atoms with van der Waals surface area (Å²) in [5, 5.41) is 5.11. The third-order valence-corrected chi connectivity index (χ3v) is 6.80. The summed E-state index contributed by atoms with van der Waals surface area (Å²) in [6, 6.07) is 0. The predicted octanol–water partition coefficient (Wildman–Crippen LogP) is 2.96. The van der Waals surface area contributed by atoms with Crippen LogP contribution in [0.1, 0.15) is 36.1 Å². The second-order valence-corrected chi connectivity index (χ2v) is 8.35. The highest BCUT2D eigenvalue weighted by Crippen LogP contribution is 2.39. The van der Waals surface area contributed by atoms with Gasteiger partial charge in [0.05, 0.1) is 11.9 Å². The molecule has 1 N–H and O–H groups in total. The zero-order chi connectivity index (χ0) is 16.4. The van der Waals surface area contributed by atoms with Crippen molar-refractivity contribution in [2.75, 3.05) is 18.9 Å². The Morgan fingerprint density at radius 3 is 3.12 bits per heavy atom. The van der Waals surface area contributed by atoms with Gasteiger partial charge in [-0.3, -0.25) is 4.79 Å². The van der Waals surface area contributed by atoms with Crippen molar-refractivity contribution in [3.8, 4) is 0 Å². The molecular weight excluding hydrogens is 342 g/mol. The summed E-state index contributed by atoms with van der Waals surface area (Å²) in [5.74, 6) is 0.440. The Balaban J connectivity index is 1.42. The molecule has 0 unspecified atom stereocenters. The van der Waals surface area contributed by atoms with Crippen molar-refractivity contribution in [1.29, 1.82) is 0 Å². The standard InChI is InChI=1S/C17H21N3O2S2/c21-14(18-8-11-4-3-7-22-11)9-23-16-15-12-5-1-2-6-13(12)24-17(15)20-10-19-16/h10-11H,1-9H2,(H,18,21)/t11-/m1/s1. The highest BCUT2D eigenvalue weighted by Gasteiger charge is 2.21. The Labute approximate surface area is 149 Å². The molecule has 1 saturated heterocycles. The summed E-state index contributed by atoms with van der Waals surface area (Å²) in [7, 11) is 0. The first-order valence-electron chi connectivity index (χ1n) is 8.57. The van der Waals surface area contributed by atoms with Crippen molar-refractivity contribution < 1.29 is 9.53 Å². The van der Waals surface area contributed by atoms with E-state index >= 15 is 0 Å². The fourth-order valence-corrected chi connectivity index (χ4v) is 5.54. The maximum absolute atomic E-state index is 12.1. The van der Waals surface area contributed by atoms with E-state index in [-0.39, 0.29) is 12.0 Å². The number of ether oxygens (including phenoxy) is 1. The van der Waals surface area contributed by atoms with Gasteiger partial charge in [0.1, 0.15) is 16.2 Å². The molecule has 0 saturated carbocycles. The van der Waals surface area contributed by atoms with Crippen LogP contribution in [-0.2, 0) is 22.4 Å². The summed E-state index contributed by atoms with van der Waals surface area (Å²) in [6.07, 6.45) is 8.72. The van der Waals surface area contributed by atoms with Gasteiger partial charge in [0, 0.05) is 23.4 Å². The molecule has 1 amide bonds. The Morgan fingerprint density at radius 1 is 1.33 bits per heavy atom.